The van der Waals surface area contributed by atoms with E-state index in [1.807, 2.05) is 0 Å². The van der Waals surface area contributed by atoms with Gasteiger partial charge in [0.15, 0.2) is 0 Å². The molecule has 0 aromatic carbocycles. The second-order valence-corrected chi connectivity index (χ2v) is 4.04. The van der Waals surface area contributed by atoms with E-state index in [0.29, 0.717) is 6.54 Å². The summed E-state index contributed by atoms with van der Waals surface area (Å²) in [6, 6.07) is 0. The summed E-state index contributed by atoms with van der Waals surface area (Å²) in [5.41, 5.74) is 6.62. The van der Waals surface area contributed by atoms with Crippen LogP contribution in [0.4, 0.5) is 0 Å². The number of nitrogens with zero attached hydrogens (tertiary/aromatic N) is 2. The van der Waals surface area contributed by atoms with Gasteiger partial charge in [-0.15, -0.1) is 11.3 Å². The van der Waals surface area contributed by atoms with Gasteiger partial charge in [-0.25, -0.2) is 4.98 Å². The molecule has 0 bridgehead atoms. The van der Waals surface area contributed by atoms with Crippen LogP contribution < -0.4 is 5.73 Å². The predicted octanol–water partition coefficient (Wildman–Crippen LogP) is 1.10. The molecule has 1 aromatic rings. The molecular weight excluding hydrogens is 182 g/mol. The van der Waals surface area contributed by atoms with E-state index < -0.39 is 0 Å². The van der Waals surface area contributed by atoms with Crippen molar-refractivity contribution in [3.8, 4) is 0 Å². The predicted molar refractivity (Wildman–Crippen MR) is 56.9 cm³/mol. The van der Waals surface area contributed by atoms with Crippen LogP contribution in [0.3, 0.4) is 0 Å². The van der Waals surface area contributed by atoms with E-state index in [0.717, 1.165) is 30.2 Å². The van der Waals surface area contributed by atoms with E-state index in [9.17, 15) is 0 Å². The minimum Gasteiger partial charge on any atom is -0.330 e. The van der Waals surface area contributed by atoms with Gasteiger partial charge in [0.2, 0.25) is 0 Å². The van der Waals surface area contributed by atoms with Gasteiger partial charge in [-0.05, 0) is 20.1 Å². The summed E-state index contributed by atoms with van der Waals surface area (Å²) in [4.78, 5) is 6.72. The molecule has 2 N–H and O–H groups in total. The van der Waals surface area contributed by atoms with Gasteiger partial charge in [-0.3, -0.25) is 0 Å². The maximum Gasteiger partial charge on any atom is 0.0941 e. The SMILES string of the molecule is CCN(C)Cc1csc(CCN)n1. The molecule has 0 spiro atoms. The summed E-state index contributed by atoms with van der Waals surface area (Å²) in [5.74, 6) is 0. The molecular formula is C9H17N3S. The second kappa shape index (κ2) is 5.32. The van der Waals surface area contributed by atoms with Gasteiger partial charge in [0.1, 0.15) is 0 Å². The van der Waals surface area contributed by atoms with Gasteiger partial charge < -0.3 is 10.6 Å². The standard InChI is InChI=1S/C9H17N3S/c1-3-12(2)6-8-7-13-9(11-8)4-5-10/h7H,3-6,10H2,1-2H3. The molecule has 3 nitrogen and oxygen atoms in total. The highest BCUT2D eigenvalue weighted by Gasteiger charge is 2.02. The Kier molecular flexibility index (Phi) is 4.35. The molecule has 0 aliphatic rings. The highest BCUT2D eigenvalue weighted by molar-refractivity contribution is 7.09. The molecule has 4 heteroatoms. The lowest BCUT2D eigenvalue weighted by Gasteiger charge is -2.10. The monoisotopic (exact) mass is 199 g/mol. The molecule has 1 heterocycles. The Morgan fingerprint density at radius 3 is 3.00 bits per heavy atom. The first kappa shape index (κ1) is 10.6. The number of thiazole rings is 1. The maximum atomic E-state index is 5.45. The van der Waals surface area contributed by atoms with Crippen LogP contribution in [-0.4, -0.2) is 30.0 Å². The molecule has 0 radical (unpaired) electrons. The smallest absolute Gasteiger partial charge is 0.0941 e. The molecule has 1 rings (SSSR count). The summed E-state index contributed by atoms with van der Waals surface area (Å²) in [6.07, 6.45) is 0.903. The van der Waals surface area contributed by atoms with Crippen molar-refractivity contribution in [3.05, 3.63) is 16.1 Å². The minimum absolute atomic E-state index is 0.691. The largest absolute Gasteiger partial charge is 0.330 e. The van der Waals surface area contributed by atoms with Gasteiger partial charge >= 0.3 is 0 Å². The zero-order chi connectivity index (χ0) is 9.68. The Labute approximate surface area is 83.6 Å². The van der Waals surface area contributed by atoms with Crippen LogP contribution in [0.1, 0.15) is 17.6 Å². The van der Waals surface area contributed by atoms with Crippen LogP contribution in [0.15, 0.2) is 5.38 Å². The van der Waals surface area contributed by atoms with Crippen molar-refractivity contribution in [2.24, 2.45) is 5.73 Å². The number of nitrogens with two attached hydrogens (primary N) is 1. The lowest BCUT2D eigenvalue weighted by molar-refractivity contribution is 0.342. The number of aromatic nitrogens is 1. The lowest BCUT2D eigenvalue weighted by Crippen LogP contribution is -2.16. The van der Waals surface area contributed by atoms with Crippen LogP contribution in [0.25, 0.3) is 0 Å². The van der Waals surface area contributed by atoms with Crippen LogP contribution >= 0.6 is 11.3 Å². The molecule has 0 aliphatic carbocycles. The third-order valence-corrected chi connectivity index (χ3v) is 2.89. The van der Waals surface area contributed by atoms with E-state index >= 15 is 0 Å². The Bertz CT molecular complexity index is 247. The second-order valence-electron chi connectivity index (χ2n) is 3.10. The van der Waals surface area contributed by atoms with Crippen LogP contribution in [0.5, 0.6) is 0 Å². The van der Waals surface area contributed by atoms with Crippen LogP contribution in [0, 0.1) is 0 Å². The molecule has 74 valence electrons. The molecule has 0 saturated carbocycles. The summed E-state index contributed by atoms with van der Waals surface area (Å²) in [7, 11) is 2.10. The molecule has 13 heavy (non-hydrogen) atoms. The van der Waals surface area contributed by atoms with Gasteiger partial charge in [-0.1, -0.05) is 6.92 Å². The first-order valence-electron chi connectivity index (χ1n) is 4.58. The topological polar surface area (TPSA) is 42.1 Å². The Balaban J connectivity index is 2.48. The van der Waals surface area contributed by atoms with Gasteiger partial charge in [-0.2, -0.15) is 0 Å². The minimum atomic E-state index is 0.691. The number of rotatable bonds is 5. The van der Waals surface area contributed by atoms with E-state index in [-0.39, 0.29) is 0 Å². The summed E-state index contributed by atoms with van der Waals surface area (Å²) in [6.45, 7) is 4.84. The third-order valence-electron chi connectivity index (χ3n) is 1.93. The van der Waals surface area contributed by atoms with Crippen LogP contribution in [0.2, 0.25) is 0 Å². The average Bonchev–Trinajstić information content (AvgIpc) is 2.53. The van der Waals surface area contributed by atoms with Crippen molar-refractivity contribution in [1.82, 2.24) is 9.88 Å². The molecule has 0 amide bonds. The molecule has 1 aromatic heterocycles. The molecule has 0 atom stereocenters. The average molecular weight is 199 g/mol. The van der Waals surface area contributed by atoms with E-state index in [1.165, 1.54) is 0 Å². The Morgan fingerprint density at radius 1 is 1.62 bits per heavy atom. The zero-order valence-electron chi connectivity index (χ0n) is 8.29. The van der Waals surface area contributed by atoms with E-state index in [4.69, 9.17) is 5.73 Å². The normalized spacial score (nSPS) is 11.1. The van der Waals surface area contributed by atoms with Gasteiger partial charge in [0.25, 0.3) is 0 Å². The van der Waals surface area contributed by atoms with Crippen LogP contribution in [-0.2, 0) is 13.0 Å². The quantitative estimate of drug-likeness (QED) is 0.772. The summed E-state index contributed by atoms with van der Waals surface area (Å²) in [5, 5.41) is 3.28. The molecule has 0 aliphatic heterocycles. The lowest BCUT2D eigenvalue weighted by atomic mass is 10.4. The maximum absolute atomic E-state index is 5.45. The van der Waals surface area contributed by atoms with Gasteiger partial charge in [0.05, 0.1) is 10.7 Å². The van der Waals surface area contributed by atoms with Crippen molar-refractivity contribution in [2.75, 3.05) is 20.1 Å². The molecule has 0 saturated heterocycles. The number of hydrogen-bond acceptors (Lipinski definition) is 4. The van der Waals surface area contributed by atoms with Crippen molar-refractivity contribution in [2.45, 2.75) is 19.9 Å². The summed E-state index contributed by atoms with van der Waals surface area (Å²) < 4.78 is 0. The highest BCUT2D eigenvalue weighted by atomic mass is 32.1. The highest BCUT2D eigenvalue weighted by Crippen LogP contribution is 2.11. The van der Waals surface area contributed by atoms with E-state index in [2.05, 4.69) is 29.2 Å². The third kappa shape index (κ3) is 3.42. The molecule has 0 fully saturated rings. The molecule has 0 unspecified atom stereocenters. The fraction of sp³-hybridized carbons (Fsp3) is 0.667. The van der Waals surface area contributed by atoms with Crippen molar-refractivity contribution in [1.29, 1.82) is 0 Å². The first-order chi connectivity index (χ1) is 6.26. The Hall–Kier alpha value is -0.450. The Morgan fingerprint density at radius 2 is 2.38 bits per heavy atom. The zero-order valence-corrected chi connectivity index (χ0v) is 9.10. The fourth-order valence-corrected chi connectivity index (χ4v) is 1.85. The van der Waals surface area contributed by atoms with Crippen molar-refractivity contribution >= 4 is 11.3 Å². The number of hydrogen-bond donors (Lipinski definition) is 1. The first-order valence-corrected chi connectivity index (χ1v) is 5.46. The summed E-state index contributed by atoms with van der Waals surface area (Å²) >= 11 is 1.71. The fourth-order valence-electron chi connectivity index (χ4n) is 1.05. The van der Waals surface area contributed by atoms with Crippen molar-refractivity contribution in [3.63, 3.8) is 0 Å². The van der Waals surface area contributed by atoms with Crippen molar-refractivity contribution < 1.29 is 0 Å². The van der Waals surface area contributed by atoms with E-state index in [1.54, 1.807) is 11.3 Å². The van der Waals surface area contributed by atoms with Gasteiger partial charge in [0, 0.05) is 18.3 Å².